The van der Waals surface area contributed by atoms with Crippen molar-refractivity contribution in [2.24, 2.45) is 46.3 Å². The molecule has 3 nitrogen and oxygen atoms in total. The van der Waals surface area contributed by atoms with Gasteiger partial charge in [0.1, 0.15) is 0 Å². The fraction of sp³-hybridized carbons (Fsp3) is 0.958. The zero-order chi connectivity index (χ0) is 19.4. The van der Waals surface area contributed by atoms with E-state index in [9.17, 15) is 9.90 Å². The molecule has 0 bridgehead atoms. The topological polar surface area (TPSA) is 57.5 Å². The van der Waals surface area contributed by atoms with Crippen LogP contribution in [-0.4, -0.2) is 22.3 Å². The normalized spacial score (nSPS) is 50.4. The summed E-state index contributed by atoms with van der Waals surface area (Å²) in [5.41, 5.74) is 0.882. The molecule has 0 saturated heterocycles. The molecule has 0 amide bonds. The number of hydrogen-bond acceptors (Lipinski definition) is 2. The molecule has 4 aliphatic carbocycles. The third-order valence-corrected chi connectivity index (χ3v) is 10.2. The molecule has 2 N–H and O–H groups in total. The second kappa shape index (κ2) is 7.04. The van der Waals surface area contributed by atoms with Gasteiger partial charge in [-0.2, -0.15) is 0 Å². The number of carboxylic acid groups (broad SMARTS) is 1. The minimum absolute atomic E-state index is 0.0561. The highest BCUT2D eigenvalue weighted by atomic mass is 16.4. The van der Waals surface area contributed by atoms with Gasteiger partial charge in [-0.15, -0.1) is 0 Å². The minimum Gasteiger partial charge on any atom is -0.481 e. The van der Waals surface area contributed by atoms with Crippen LogP contribution in [0.3, 0.4) is 0 Å². The first-order valence-electron chi connectivity index (χ1n) is 11.7. The van der Waals surface area contributed by atoms with E-state index in [-0.39, 0.29) is 6.10 Å². The number of aliphatic hydroxyl groups is 1. The number of fused-ring (bicyclic) bond motifs is 5. The van der Waals surface area contributed by atoms with E-state index in [1.807, 2.05) is 0 Å². The number of rotatable bonds is 4. The predicted octanol–water partition coefficient (Wildman–Crippen LogP) is 5.51. The van der Waals surface area contributed by atoms with Crippen LogP contribution in [0.4, 0.5) is 0 Å². The van der Waals surface area contributed by atoms with Gasteiger partial charge < -0.3 is 10.2 Å². The molecule has 4 saturated carbocycles. The van der Waals surface area contributed by atoms with Gasteiger partial charge in [0.25, 0.3) is 0 Å². The Morgan fingerprint density at radius 2 is 1.70 bits per heavy atom. The van der Waals surface area contributed by atoms with Crippen LogP contribution in [-0.2, 0) is 4.79 Å². The van der Waals surface area contributed by atoms with E-state index in [0.29, 0.717) is 29.1 Å². The maximum Gasteiger partial charge on any atom is 0.303 e. The summed E-state index contributed by atoms with van der Waals surface area (Å²) in [6.45, 7) is 7.43. The van der Waals surface area contributed by atoms with Gasteiger partial charge >= 0.3 is 5.97 Å². The number of hydrogen-bond donors (Lipinski definition) is 2. The lowest BCUT2D eigenvalue weighted by Gasteiger charge is -2.61. The lowest BCUT2D eigenvalue weighted by Crippen LogP contribution is -2.54. The van der Waals surface area contributed by atoms with Crippen molar-refractivity contribution in [3.8, 4) is 0 Å². The minimum atomic E-state index is -0.643. The Labute approximate surface area is 165 Å². The van der Waals surface area contributed by atoms with E-state index in [1.165, 1.54) is 44.9 Å². The van der Waals surface area contributed by atoms with Gasteiger partial charge in [-0.05, 0) is 111 Å². The van der Waals surface area contributed by atoms with Crippen LogP contribution >= 0.6 is 0 Å². The van der Waals surface area contributed by atoms with Crippen molar-refractivity contribution in [1.29, 1.82) is 0 Å². The average Bonchev–Trinajstić information content (AvgIpc) is 2.97. The Morgan fingerprint density at radius 1 is 1.00 bits per heavy atom. The van der Waals surface area contributed by atoms with Crippen LogP contribution in [0.5, 0.6) is 0 Å². The molecule has 0 aromatic rings. The van der Waals surface area contributed by atoms with E-state index in [4.69, 9.17) is 5.11 Å². The van der Waals surface area contributed by atoms with Crippen molar-refractivity contribution in [2.75, 3.05) is 0 Å². The third-order valence-electron chi connectivity index (χ3n) is 10.2. The van der Waals surface area contributed by atoms with E-state index in [2.05, 4.69) is 20.8 Å². The average molecular weight is 377 g/mol. The molecule has 0 aliphatic heterocycles. The summed E-state index contributed by atoms with van der Waals surface area (Å²) in [6.07, 6.45) is 12.4. The second-order valence-electron chi connectivity index (χ2n) is 11.2. The first-order chi connectivity index (χ1) is 12.8. The van der Waals surface area contributed by atoms with Gasteiger partial charge in [-0.1, -0.05) is 20.8 Å². The quantitative estimate of drug-likeness (QED) is 0.680. The van der Waals surface area contributed by atoms with Crippen molar-refractivity contribution < 1.29 is 15.0 Å². The van der Waals surface area contributed by atoms with Crippen LogP contribution in [0.1, 0.15) is 91.4 Å². The Balaban J connectivity index is 1.51. The Hall–Kier alpha value is -0.570. The molecule has 0 aromatic heterocycles. The van der Waals surface area contributed by atoms with Crippen LogP contribution < -0.4 is 0 Å². The summed E-state index contributed by atoms with van der Waals surface area (Å²) >= 11 is 0. The molecule has 9 atom stereocenters. The lowest BCUT2D eigenvalue weighted by molar-refractivity contribution is -0.138. The van der Waals surface area contributed by atoms with E-state index in [0.717, 1.165) is 42.9 Å². The molecule has 0 radical (unpaired) electrons. The Bertz CT molecular complexity index is 574. The molecular formula is C24H40O3. The van der Waals surface area contributed by atoms with Crippen molar-refractivity contribution in [3.63, 3.8) is 0 Å². The molecule has 4 fully saturated rings. The summed E-state index contributed by atoms with van der Waals surface area (Å²) in [4.78, 5) is 11.0. The SMILES string of the molecule is CC(CCC(=O)O)[C@H]1CCC2[C@@H]3CC[C@@H]4CC(O)CC[C@]4(C)[C@H]3CC[C@@]21C. The molecule has 27 heavy (non-hydrogen) atoms. The van der Waals surface area contributed by atoms with Gasteiger partial charge in [-0.3, -0.25) is 4.79 Å². The van der Waals surface area contributed by atoms with E-state index >= 15 is 0 Å². The van der Waals surface area contributed by atoms with Gasteiger partial charge in [0.2, 0.25) is 0 Å². The summed E-state index contributed by atoms with van der Waals surface area (Å²) in [5, 5.41) is 19.3. The van der Waals surface area contributed by atoms with Crippen LogP contribution in [0.15, 0.2) is 0 Å². The maximum atomic E-state index is 11.0. The number of aliphatic hydroxyl groups excluding tert-OH is 1. The molecule has 0 spiro atoms. The molecule has 4 aliphatic rings. The Kier molecular flexibility index (Phi) is 5.15. The number of carboxylic acids is 1. The van der Waals surface area contributed by atoms with Crippen LogP contribution in [0, 0.1) is 46.3 Å². The van der Waals surface area contributed by atoms with Crippen LogP contribution in [0.25, 0.3) is 0 Å². The fourth-order valence-corrected chi connectivity index (χ4v) is 8.76. The molecule has 0 aromatic carbocycles. The summed E-state index contributed by atoms with van der Waals surface area (Å²) in [6, 6.07) is 0. The highest BCUT2D eigenvalue weighted by Crippen LogP contribution is 2.68. The zero-order valence-electron chi connectivity index (χ0n) is 17.6. The van der Waals surface area contributed by atoms with Crippen molar-refractivity contribution in [2.45, 2.75) is 97.5 Å². The standard InChI is InChI=1S/C24H40O3/c1-15(4-9-22(26)27)19-7-8-20-18-6-5-16-14-17(25)10-12-23(16,2)21(18)11-13-24(19,20)3/h15-21,25H,4-14H2,1-3H3,(H,26,27)/t15?,16-,17?,18+,19-,20?,21+,23+,24-/m1/s1. The van der Waals surface area contributed by atoms with E-state index in [1.54, 1.807) is 0 Å². The fourth-order valence-electron chi connectivity index (χ4n) is 8.76. The molecule has 3 unspecified atom stereocenters. The van der Waals surface area contributed by atoms with E-state index < -0.39 is 5.97 Å². The first kappa shape index (κ1) is 19.7. The summed E-state index contributed by atoms with van der Waals surface area (Å²) in [5.74, 6) is 3.91. The first-order valence-corrected chi connectivity index (χ1v) is 11.7. The summed E-state index contributed by atoms with van der Waals surface area (Å²) in [7, 11) is 0. The maximum absolute atomic E-state index is 11.0. The molecule has 154 valence electrons. The van der Waals surface area contributed by atoms with Gasteiger partial charge in [-0.25, -0.2) is 0 Å². The molecule has 0 heterocycles. The number of aliphatic carboxylic acids is 1. The second-order valence-corrected chi connectivity index (χ2v) is 11.2. The van der Waals surface area contributed by atoms with Gasteiger partial charge in [0, 0.05) is 6.42 Å². The highest BCUT2D eigenvalue weighted by molar-refractivity contribution is 5.66. The summed E-state index contributed by atoms with van der Waals surface area (Å²) < 4.78 is 0. The zero-order valence-corrected chi connectivity index (χ0v) is 17.6. The molecule has 4 rings (SSSR count). The van der Waals surface area contributed by atoms with Crippen LogP contribution in [0.2, 0.25) is 0 Å². The molecular weight excluding hydrogens is 336 g/mol. The molecule has 3 heteroatoms. The van der Waals surface area contributed by atoms with Crippen molar-refractivity contribution in [1.82, 2.24) is 0 Å². The largest absolute Gasteiger partial charge is 0.481 e. The smallest absolute Gasteiger partial charge is 0.303 e. The van der Waals surface area contributed by atoms with Gasteiger partial charge in [0.05, 0.1) is 6.10 Å². The van der Waals surface area contributed by atoms with Crippen molar-refractivity contribution in [3.05, 3.63) is 0 Å². The monoisotopic (exact) mass is 376 g/mol. The third kappa shape index (κ3) is 3.16. The van der Waals surface area contributed by atoms with Crippen molar-refractivity contribution >= 4 is 5.97 Å². The highest BCUT2D eigenvalue weighted by Gasteiger charge is 2.60. The Morgan fingerprint density at radius 3 is 2.44 bits per heavy atom. The van der Waals surface area contributed by atoms with Gasteiger partial charge in [0.15, 0.2) is 0 Å². The number of carbonyl (C=O) groups is 1. The lowest BCUT2D eigenvalue weighted by atomic mass is 9.44. The predicted molar refractivity (Wildman–Crippen MR) is 107 cm³/mol.